The first-order valence-corrected chi connectivity index (χ1v) is 6.25. The molecule has 100 valence electrons. The van der Waals surface area contributed by atoms with Gasteiger partial charge in [-0.25, -0.2) is 4.79 Å². The van der Waals surface area contributed by atoms with Crippen LogP contribution in [0.3, 0.4) is 0 Å². The molecule has 1 N–H and O–H groups in total. The first kappa shape index (κ1) is 13.3. The number of hydrogen-bond donors (Lipinski definition) is 1. The van der Waals surface area contributed by atoms with Gasteiger partial charge in [-0.05, 0) is 16.5 Å². The maximum atomic E-state index is 11.6. The monoisotopic (exact) mass is 258 g/mol. The van der Waals surface area contributed by atoms with Crippen molar-refractivity contribution in [1.82, 2.24) is 9.55 Å². The fourth-order valence-corrected chi connectivity index (χ4v) is 1.88. The van der Waals surface area contributed by atoms with Gasteiger partial charge in [-0.3, -0.25) is 14.3 Å². The van der Waals surface area contributed by atoms with Crippen LogP contribution in [0.5, 0.6) is 0 Å². The van der Waals surface area contributed by atoms with Crippen molar-refractivity contribution in [2.24, 2.45) is 0 Å². The Kier molecular flexibility index (Phi) is 3.42. The van der Waals surface area contributed by atoms with Gasteiger partial charge in [0.1, 0.15) is 0 Å². The lowest BCUT2D eigenvalue weighted by molar-refractivity contribution is 0.589. The molecular formula is C15H18N2O2. The molecule has 1 aromatic carbocycles. The van der Waals surface area contributed by atoms with Crippen LogP contribution in [0.2, 0.25) is 0 Å². The summed E-state index contributed by atoms with van der Waals surface area (Å²) in [5.41, 5.74) is 1.65. The van der Waals surface area contributed by atoms with Gasteiger partial charge in [-0.2, -0.15) is 0 Å². The third-order valence-electron chi connectivity index (χ3n) is 3.07. The topological polar surface area (TPSA) is 54.9 Å². The van der Waals surface area contributed by atoms with Crippen molar-refractivity contribution in [3.8, 4) is 0 Å². The molecule has 2 aromatic rings. The third kappa shape index (κ3) is 3.22. The zero-order valence-electron chi connectivity index (χ0n) is 11.4. The van der Waals surface area contributed by atoms with E-state index < -0.39 is 0 Å². The molecular weight excluding hydrogens is 240 g/mol. The summed E-state index contributed by atoms with van der Waals surface area (Å²) in [5, 5.41) is 0. The summed E-state index contributed by atoms with van der Waals surface area (Å²) >= 11 is 0. The zero-order valence-corrected chi connectivity index (χ0v) is 11.4. The van der Waals surface area contributed by atoms with Crippen LogP contribution in [0, 0.1) is 0 Å². The molecule has 0 bridgehead atoms. The minimum atomic E-state index is -0.382. The Morgan fingerprint density at radius 2 is 1.68 bits per heavy atom. The molecule has 0 radical (unpaired) electrons. The summed E-state index contributed by atoms with van der Waals surface area (Å²) in [4.78, 5) is 24.8. The minimum absolute atomic E-state index is 0.118. The molecule has 1 aromatic heterocycles. The van der Waals surface area contributed by atoms with Gasteiger partial charge in [0.2, 0.25) is 0 Å². The number of benzene rings is 1. The molecule has 0 spiro atoms. The second kappa shape index (κ2) is 4.88. The van der Waals surface area contributed by atoms with Crippen molar-refractivity contribution in [2.75, 3.05) is 0 Å². The van der Waals surface area contributed by atoms with E-state index in [4.69, 9.17) is 0 Å². The number of rotatable bonds is 2. The molecule has 0 amide bonds. The maximum absolute atomic E-state index is 11.6. The molecule has 0 saturated heterocycles. The smallest absolute Gasteiger partial charge is 0.296 e. The zero-order chi connectivity index (χ0) is 14.0. The van der Waals surface area contributed by atoms with E-state index in [1.165, 1.54) is 22.4 Å². The molecule has 4 heteroatoms. The lowest BCUT2D eigenvalue weighted by Crippen LogP contribution is -2.28. The van der Waals surface area contributed by atoms with E-state index in [1.54, 1.807) is 0 Å². The van der Waals surface area contributed by atoms with Gasteiger partial charge in [-0.1, -0.05) is 45.0 Å². The third-order valence-corrected chi connectivity index (χ3v) is 3.07. The Balaban J connectivity index is 2.25. The molecule has 0 saturated carbocycles. The number of H-pyrrole nitrogens is 1. The molecule has 0 aliphatic carbocycles. The average Bonchev–Trinajstić information content (AvgIpc) is 2.32. The molecule has 0 fully saturated rings. The summed E-state index contributed by atoms with van der Waals surface area (Å²) < 4.78 is 1.48. The van der Waals surface area contributed by atoms with Crippen LogP contribution in [0.4, 0.5) is 0 Å². The molecule has 4 nitrogen and oxygen atoms in total. The van der Waals surface area contributed by atoms with Gasteiger partial charge in [0.15, 0.2) is 0 Å². The van der Waals surface area contributed by atoms with Crippen LogP contribution in [0.15, 0.2) is 46.1 Å². The standard InChI is InChI=1S/C15H18N2O2/c1-15(2,3)12-6-4-11(5-7-12)10-17-9-8-13(18)16-14(17)19/h4-9H,10H2,1-3H3,(H,16,18,19). The van der Waals surface area contributed by atoms with E-state index in [0.717, 1.165) is 5.56 Å². The summed E-state index contributed by atoms with van der Waals surface area (Å²) in [6, 6.07) is 9.53. The van der Waals surface area contributed by atoms with Crippen molar-refractivity contribution >= 4 is 0 Å². The molecule has 0 unspecified atom stereocenters. The van der Waals surface area contributed by atoms with E-state index in [-0.39, 0.29) is 16.7 Å². The lowest BCUT2D eigenvalue weighted by Gasteiger charge is -2.19. The fourth-order valence-electron chi connectivity index (χ4n) is 1.88. The highest BCUT2D eigenvalue weighted by molar-refractivity contribution is 5.27. The largest absolute Gasteiger partial charge is 0.328 e. The fraction of sp³-hybridized carbons (Fsp3) is 0.333. The summed E-state index contributed by atoms with van der Waals surface area (Å²) in [6.07, 6.45) is 1.51. The van der Waals surface area contributed by atoms with Gasteiger partial charge < -0.3 is 0 Å². The number of nitrogens with one attached hydrogen (secondary N) is 1. The molecule has 19 heavy (non-hydrogen) atoms. The quantitative estimate of drug-likeness (QED) is 0.894. The SMILES string of the molecule is CC(C)(C)c1ccc(Cn2ccc(=O)[nH]c2=O)cc1. The Bertz CT molecular complexity index is 673. The van der Waals surface area contributed by atoms with Gasteiger partial charge in [0.05, 0.1) is 6.54 Å². The molecule has 1 heterocycles. The van der Waals surface area contributed by atoms with E-state index in [1.807, 2.05) is 12.1 Å². The van der Waals surface area contributed by atoms with E-state index >= 15 is 0 Å². The average molecular weight is 258 g/mol. The number of hydrogen-bond acceptors (Lipinski definition) is 2. The van der Waals surface area contributed by atoms with Gasteiger partial charge in [-0.15, -0.1) is 0 Å². The summed E-state index contributed by atoms with van der Waals surface area (Å²) in [6.45, 7) is 6.94. The van der Waals surface area contributed by atoms with Crippen molar-refractivity contribution in [2.45, 2.75) is 32.7 Å². The highest BCUT2D eigenvalue weighted by Gasteiger charge is 2.12. The van der Waals surface area contributed by atoms with Gasteiger partial charge in [0.25, 0.3) is 5.56 Å². The van der Waals surface area contributed by atoms with Crippen LogP contribution in [0.1, 0.15) is 31.9 Å². The normalized spacial score (nSPS) is 11.5. The van der Waals surface area contributed by atoms with Crippen molar-refractivity contribution in [1.29, 1.82) is 0 Å². The van der Waals surface area contributed by atoms with E-state index in [2.05, 4.69) is 37.9 Å². The predicted molar refractivity (Wildman–Crippen MR) is 75.6 cm³/mol. The summed E-state index contributed by atoms with van der Waals surface area (Å²) in [7, 11) is 0. The maximum Gasteiger partial charge on any atom is 0.328 e. The van der Waals surface area contributed by atoms with Gasteiger partial charge in [0, 0.05) is 12.3 Å². The predicted octanol–water partition coefficient (Wildman–Crippen LogP) is 1.88. The Morgan fingerprint density at radius 1 is 1.05 bits per heavy atom. The van der Waals surface area contributed by atoms with Crippen molar-refractivity contribution < 1.29 is 0 Å². The number of aromatic amines is 1. The first-order valence-electron chi connectivity index (χ1n) is 6.25. The summed E-state index contributed by atoms with van der Waals surface area (Å²) in [5.74, 6) is 0. The lowest BCUT2D eigenvalue weighted by atomic mass is 9.87. The van der Waals surface area contributed by atoms with E-state index in [0.29, 0.717) is 6.54 Å². The second-order valence-electron chi connectivity index (χ2n) is 5.68. The Hall–Kier alpha value is -2.10. The van der Waals surface area contributed by atoms with Gasteiger partial charge >= 0.3 is 5.69 Å². The van der Waals surface area contributed by atoms with Crippen LogP contribution < -0.4 is 11.2 Å². The Labute approximate surface area is 111 Å². The highest BCUT2D eigenvalue weighted by atomic mass is 16.2. The Morgan fingerprint density at radius 3 is 2.21 bits per heavy atom. The molecule has 2 rings (SSSR count). The van der Waals surface area contributed by atoms with Crippen molar-refractivity contribution in [3.05, 3.63) is 68.5 Å². The number of aromatic nitrogens is 2. The molecule has 0 aliphatic rings. The minimum Gasteiger partial charge on any atom is -0.296 e. The van der Waals surface area contributed by atoms with Crippen molar-refractivity contribution in [3.63, 3.8) is 0 Å². The molecule has 0 aliphatic heterocycles. The van der Waals surface area contributed by atoms with Crippen LogP contribution in [-0.4, -0.2) is 9.55 Å². The molecule has 0 atom stereocenters. The highest BCUT2D eigenvalue weighted by Crippen LogP contribution is 2.22. The second-order valence-corrected chi connectivity index (χ2v) is 5.68. The van der Waals surface area contributed by atoms with E-state index in [9.17, 15) is 9.59 Å². The van der Waals surface area contributed by atoms with Crippen LogP contribution in [0.25, 0.3) is 0 Å². The number of nitrogens with zero attached hydrogens (tertiary/aromatic N) is 1. The van der Waals surface area contributed by atoms with Crippen LogP contribution >= 0.6 is 0 Å². The first-order chi connectivity index (χ1) is 8.86. The van der Waals surface area contributed by atoms with Crippen LogP contribution in [-0.2, 0) is 12.0 Å².